The number of hydrogen-bond acceptors (Lipinski definition) is 6. The molecule has 6 nitrogen and oxygen atoms in total. The normalized spacial score (nSPS) is 17.1. The summed E-state index contributed by atoms with van der Waals surface area (Å²) in [7, 11) is 0. The molecule has 0 spiro atoms. The predicted molar refractivity (Wildman–Crippen MR) is 80.9 cm³/mol. The van der Waals surface area contributed by atoms with Gasteiger partial charge in [-0.2, -0.15) is 4.98 Å². The van der Waals surface area contributed by atoms with Gasteiger partial charge in [0, 0.05) is 32.4 Å². The summed E-state index contributed by atoms with van der Waals surface area (Å²) in [5.74, 6) is 2.03. The van der Waals surface area contributed by atoms with Crippen LogP contribution in [0.1, 0.15) is 19.8 Å². The van der Waals surface area contributed by atoms with E-state index in [1.165, 1.54) is 0 Å². The Hall–Kier alpha value is -1.40. The second kappa shape index (κ2) is 8.01. The highest BCUT2D eigenvalue weighted by molar-refractivity contribution is 5.39. The highest BCUT2D eigenvalue weighted by atomic mass is 16.3. The highest BCUT2D eigenvalue weighted by Crippen LogP contribution is 2.15. The molecule has 1 fully saturated rings. The molecule has 0 aliphatic carbocycles. The van der Waals surface area contributed by atoms with E-state index in [0.29, 0.717) is 18.5 Å². The van der Waals surface area contributed by atoms with Crippen LogP contribution in [-0.4, -0.2) is 59.3 Å². The van der Waals surface area contributed by atoms with Crippen molar-refractivity contribution in [3.63, 3.8) is 0 Å². The van der Waals surface area contributed by atoms with Crippen molar-refractivity contribution >= 4 is 11.8 Å². The van der Waals surface area contributed by atoms with Crippen LogP contribution < -0.4 is 10.6 Å². The molecule has 0 bridgehead atoms. The molecule has 2 rings (SSSR count). The lowest BCUT2D eigenvalue weighted by molar-refractivity contribution is 0.134. The molecular formula is C14H25N5O. The lowest BCUT2D eigenvalue weighted by Crippen LogP contribution is -2.37. The lowest BCUT2D eigenvalue weighted by Gasteiger charge is -2.30. The van der Waals surface area contributed by atoms with Crippen LogP contribution >= 0.6 is 0 Å². The summed E-state index contributed by atoms with van der Waals surface area (Å²) < 4.78 is 0. The van der Waals surface area contributed by atoms with E-state index >= 15 is 0 Å². The van der Waals surface area contributed by atoms with Crippen LogP contribution in [-0.2, 0) is 0 Å². The number of aliphatic hydroxyl groups is 1. The molecule has 0 amide bonds. The average Bonchev–Trinajstić information content (AvgIpc) is 2.49. The van der Waals surface area contributed by atoms with Gasteiger partial charge in [-0.3, -0.25) is 0 Å². The zero-order valence-electron chi connectivity index (χ0n) is 12.2. The number of nitrogens with one attached hydrogen (secondary N) is 2. The van der Waals surface area contributed by atoms with Crippen LogP contribution in [0.4, 0.5) is 11.8 Å². The summed E-state index contributed by atoms with van der Waals surface area (Å²) in [4.78, 5) is 11.0. The van der Waals surface area contributed by atoms with Crippen LogP contribution in [0, 0.1) is 5.92 Å². The molecule has 0 unspecified atom stereocenters. The van der Waals surface area contributed by atoms with Gasteiger partial charge in [0.15, 0.2) is 0 Å². The molecule has 112 valence electrons. The number of rotatable bonds is 7. The van der Waals surface area contributed by atoms with Crippen molar-refractivity contribution in [3.8, 4) is 0 Å². The molecule has 0 atom stereocenters. The van der Waals surface area contributed by atoms with Crippen LogP contribution in [0.3, 0.4) is 0 Å². The van der Waals surface area contributed by atoms with Crippen molar-refractivity contribution in [2.75, 3.05) is 50.0 Å². The van der Waals surface area contributed by atoms with Crippen LogP contribution in [0.15, 0.2) is 12.3 Å². The maximum Gasteiger partial charge on any atom is 0.224 e. The first-order valence-electron chi connectivity index (χ1n) is 7.45. The molecule has 1 aromatic heterocycles. The maximum absolute atomic E-state index is 9.12. The van der Waals surface area contributed by atoms with Gasteiger partial charge in [-0.05, 0) is 44.8 Å². The quantitative estimate of drug-likeness (QED) is 0.692. The first-order chi connectivity index (χ1) is 9.81. The molecule has 0 aromatic carbocycles. The van der Waals surface area contributed by atoms with Gasteiger partial charge >= 0.3 is 0 Å². The summed E-state index contributed by atoms with van der Waals surface area (Å²) in [5, 5.41) is 15.6. The van der Waals surface area contributed by atoms with E-state index in [2.05, 4.69) is 25.5 Å². The molecule has 20 heavy (non-hydrogen) atoms. The van der Waals surface area contributed by atoms with Crippen molar-refractivity contribution < 1.29 is 5.11 Å². The summed E-state index contributed by atoms with van der Waals surface area (Å²) >= 11 is 0. The van der Waals surface area contributed by atoms with E-state index in [9.17, 15) is 0 Å². The van der Waals surface area contributed by atoms with Gasteiger partial charge in [-0.15, -0.1) is 0 Å². The Bertz CT molecular complexity index is 393. The minimum atomic E-state index is 0.331. The second-order valence-corrected chi connectivity index (χ2v) is 5.19. The fourth-order valence-electron chi connectivity index (χ4n) is 2.44. The maximum atomic E-state index is 9.12. The number of nitrogens with zero attached hydrogens (tertiary/aromatic N) is 3. The highest BCUT2D eigenvalue weighted by Gasteiger charge is 2.17. The standard InChI is InChI=1S/C14H25N5O/c1-2-15-13-3-6-16-14(18-13)17-7-10-19-8-4-12(11-20)5-9-19/h3,6,12,20H,2,4-5,7-11H2,1H3,(H2,15,16,17,18). The minimum absolute atomic E-state index is 0.331. The molecule has 0 saturated carbocycles. The molecule has 6 heteroatoms. The van der Waals surface area contributed by atoms with Crippen molar-refractivity contribution in [2.45, 2.75) is 19.8 Å². The number of hydrogen-bond donors (Lipinski definition) is 3. The first kappa shape index (κ1) is 15.0. The summed E-state index contributed by atoms with van der Waals surface area (Å²) in [5.41, 5.74) is 0. The molecule has 2 heterocycles. The number of likely N-dealkylation sites (tertiary alicyclic amines) is 1. The third-order valence-electron chi connectivity index (χ3n) is 3.69. The van der Waals surface area contributed by atoms with Gasteiger partial charge in [0.05, 0.1) is 0 Å². The molecular weight excluding hydrogens is 254 g/mol. The van der Waals surface area contributed by atoms with E-state index < -0.39 is 0 Å². The zero-order valence-corrected chi connectivity index (χ0v) is 12.2. The van der Waals surface area contributed by atoms with Crippen LogP contribution in [0.25, 0.3) is 0 Å². The number of aliphatic hydroxyl groups excluding tert-OH is 1. The van der Waals surface area contributed by atoms with Crippen LogP contribution in [0.2, 0.25) is 0 Å². The van der Waals surface area contributed by atoms with Gasteiger partial charge in [-0.1, -0.05) is 0 Å². The fraction of sp³-hybridized carbons (Fsp3) is 0.714. The largest absolute Gasteiger partial charge is 0.396 e. The van der Waals surface area contributed by atoms with Crippen LogP contribution in [0.5, 0.6) is 0 Å². The molecule has 1 aliphatic heterocycles. The van der Waals surface area contributed by atoms with Crippen molar-refractivity contribution in [2.24, 2.45) is 5.92 Å². The van der Waals surface area contributed by atoms with Crippen molar-refractivity contribution in [1.29, 1.82) is 0 Å². The SMILES string of the molecule is CCNc1ccnc(NCCN2CCC(CO)CC2)n1. The first-order valence-corrected chi connectivity index (χ1v) is 7.45. The van der Waals surface area contributed by atoms with Gasteiger partial charge in [0.2, 0.25) is 5.95 Å². The predicted octanol–water partition coefficient (Wildman–Crippen LogP) is 1.02. The van der Waals surface area contributed by atoms with Gasteiger partial charge in [0.1, 0.15) is 5.82 Å². The second-order valence-electron chi connectivity index (χ2n) is 5.19. The number of aromatic nitrogens is 2. The Labute approximate surface area is 120 Å². The molecule has 1 aliphatic rings. The third kappa shape index (κ3) is 4.61. The summed E-state index contributed by atoms with van der Waals surface area (Å²) in [6.45, 7) is 7.22. The van der Waals surface area contributed by atoms with E-state index in [1.807, 2.05) is 13.0 Å². The number of piperidine rings is 1. The topological polar surface area (TPSA) is 73.3 Å². The van der Waals surface area contributed by atoms with Gasteiger partial charge < -0.3 is 20.6 Å². The Morgan fingerprint density at radius 2 is 2.15 bits per heavy atom. The molecule has 1 aromatic rings. The van der Waals surface area contributed by atoms with E-state index in [0.717, 1.165) is 51.4 Å². The van der Waals surface area contributed by atoms with Crippen molar-refractivity contribution in [1.82, 2.24) is 14.9 Å². The van der Waals surface area contributed by atoms with E-state index in [4.69, 9.17) is 5.11 Å². The van der Waals surface area contributed by atoms with Crippen molar-refractivity contribution in [3.05, 3.63) is 12.3 Å². The lowest BCUT2D eigenvalue weighted by atomic mass is 9.98. The Kier molecular flexibility index (Phi) is 6.01. The summed E-state index contributed by atoms with van der Waals surface area (Å²) in [6, 6.07) is 1.87. The fourth-order valence-corrected chi connectivity index (χ4v) is 2.44. The summed E-state index contributed by atoms with van der Waals surface area (Å²) in [6.07, 6.45) is 3.96. The van der Waals surface area contributed by atoms with E-state index in [-0.39, 0.29) is 0 Å². The molecule has 1 saturated heterocycles. The monoisotopic (exact) mass is 279 g/mol. The zero-order chi connectivity index (χ0) is 14.2. The Balaban J connectivity index is 1.69. The van der Waals surface area contributed by atoms with E-state index in [1.54, 1.807) is 6.20 Å². The Morgan fingerprint density at radius 3 is 2.85 bits per heavy atom. The van der Waals surface area contributed by atoms with Gasteiger partial charge in [-0.25, -0.2) is 4.98 Å². The Morgan fingerprint density at radius 1 is 1.35 bits per heavy atom. The third-order valence-corrected chi connectivity index (χ3v) is 3.69. The smallest absolute Gasteiger partial charge is 0.224 e. The molecule has 3 N–H and O–H groups in total. The minimum Gasteiger partial charge on any atom is -0.396 e. The van der Waals surface area contributed by atoms with Gasteiger partial charge in [0.25, 0.3) is 0 Å². The molecule has 0 radical (unpaired) electrons. The average molecular weight is 279 g/mol. The number of anilines is 2.